The Bertz CT molecular complexity index is 3530. The Balaban J connectivity index is 0.989. The molecule has 5 nitrogen and oxygen atoms in total. The lowest BCUT2D eigenvalue weighted by atomic mass is 10.1. The van der Waals surface area contributed by atoms with Gasteiger partial charge in [0.25, 0.3) is 0 Å². The smallest absolute Gasteiger partial charge is 0.164 e. The van der Waals surface area contributed by atoms with Gasteiger partial charge in [0.15, 0.2) is 23.3 Å². The van der Waals surface area contributed by atoms with E-state index in [4.69, 9.17) is 24.9 Å². The Morgan fingerprint density at radius 2 is 0.754 bits per heavy atom. The van der Waals surface area contributed by atoms with Crippen molar-refractivity contribution in [2.75, 3.05) is 0 Å². The number of thiophene rings is 3. The van der Waals surface area contributed by atoms with Crippen molar-refractivity contribution in [1.82, 2.24) is 24.9 Å². The van der Waals surface area contributed by atoms with Gasteiger partial charge in [0.1, 0.15) is 0 Å². The summed E-state index contributed by atoms with van der Waals surface area (Å²) in [6.45, 7) is 0. The number of aromatic nitrogens is 5. The molecule has 12 rings (SSSR count). The molecule has 0 aliphatic heterocycles. The van der Waals surface area contributed by atoms with Gasteiger partial charge in [-0.3, -0.25) is 0 Å². The van der Waals surface area contributed by atoms with Crippen LogP contribution < -0.4 is 0 Å². The minimum absolute atomic E-state index is 0.644. The molecule has 0 saturated carbocycles. The van der Waals surface area contributed by atoms with E-state index in [-0.39, 0.29) is 0 Å². The van der Waals surface area contributed by atoms with Gasteiger partial charge in [-0.25, -0.2) is 24.9 Å². The van der Waals surface area contributed by atoms with E-state index in [0.717, 1.165) is 54.9 Å². The molecule has 5 heterocycles. The number of nitrogens with zero attached hydrogens (tertiary/aromatic N) is 5. The van der Waals surface area contributed by atoms with E-state index < -0.39 is 0 Å². The van der Waals surface area contributed by atoms with E-state index in [0.29, 0.717) is 17.5 Å². The zero-order chi connectivity index (χ0) is 37.5. The average Bonchev–Trinajstić information content (AvgIpc) is 3.97. The third-order valence-electron chi connectivity index (χ3n) is 10.6. The van der Waals surface area contributed by atoms with Gasteiger partial charge in [-0.1, -0.05) is 109 Å². The van der Waals surface area contributed by atoms with Gasteiger partial charge in [-0.2, -0.15) is 0 Å². The molecule has 0 aliphatic rings. The number of hydrogen-bond donors (Lipinski definition) is 0. The molecule has 8 heteroatoms. The second kappa shape index (κ2) is 12.9. The highest BCUT2D eigenvalue weighted by Gasteiger charge is 2.19. The van der Waals surface area contributed by atoms with Crippen LogP contribution in [0.5, 0.6) is 0 Å². The number of fused-ring (bicyclic) bond motifs is 9. The fourth-order valence-corrected chi connectivity index (χ4v) is 11.1. The summed E-state index contributed by atoms with van der Waals surface area (Å²) in [5.41, 5.74) is 6.90. The summed E-state index contributed by atoms with van der Waals surface area (Å²) in [4.78, 5) is 25.7. The van der Waals surface area contributed by atoms with Crippen LogP contribution in [0.25, 0.3) is 117 Å². The van der Waals surface area contributed by atoms with Crippen LogP contribution in [0.4, 0.5) is 0 Å². The van der Waals surface area contributed by atoms with Crippen molar-refractivity contribution in [3.8, 4) is 56.8 Å². The lowest BCUT2D eigenvalue weighted by Gasteiger charge is -2.09. The molecule has 0 saturated heterocycles. The summed E-state index contributed by atoms with van der Waals surface area (Å²) in [6, 6.07) is 57.4. The molecule has 266 valence electrons. The van der Waals surface area contributed by atoms with Crippen LogP contribution >= 0.6 is 34.0 Å². The second-order valence-corrected chi connectivity index (χ2v) is 17.3. The largest absolute Gasteiger partial charge is 0.226 e. The molecule has 7 aromatic carbocycles. The van der Waals surface area contributed by atoms with Gasteiger partial charge in [-0.15, -0.1) is 34.0 Å². The average molecular weight is 782 g/mol. The predicted octanol–water partition coefficient (Wildman–Crippen LogP) is 14.1. The van der Waals surface area contributed by atoms with Gasteiger partial charge in [-0.05, 0) is 54.6 Å². The molecule has 0 spiro atoms. The Morgan fingerprint density at radius 3 is 1.44 bits per heavy atom. The first kappa shape index (κ1) is 32.5. The van der Waals surface area contributed by atoms with Crippen molar-refractivity contribution in [3.63, 3.8) is 0 Å². The summed E-state index contributed by atoms with van der Waals surface area (Å²) >= 11 is 5.34. The quantitative estimate of drug-likeness (QED) is 0.174. The Hall–Kier alpha value is -6.71. The van der Waals surface area contributed by atoms with Crippen LogP contribution in [0.3, 0.4) is 0 Å². The highest BCUT2D eigenvalue weighted by molar-refractivity contribution is 7.26. The first-order chi connectivity index (χ1) is 28.2. The summed E-state index contributed by atoms with van der Waals surface area (Å²) in [6.07, 6.45) is 0. The summed E-state index contributed by atoms with van der Waals surface area (Å²) in [5.74, 6) is 2.67. The summed E-state index contributed by atoms with van der Waals surface area (Å²) in [7, 11) is 0. The Labute approximate surface area is 338 Å². The standard InChI is InChI=1S/C49H27N5S3/c1-3-11-28(12-4-1)43-45-44(35-16-8-10-18-39(35)57-45)51-47(50-43)32-19-22-34-37-26-31(21-24-41(37)56-42(34)27-32)49-53-46(29-13-5-2-6-14-29)52-48(54-49)30-20-23-40-36(25-30)33-15-7-9-17-38(33)55-40/h1-27H. The number of benzene rings is 7. The maximum absolute atomic E-state index is 5.23. The minimum Gasteiger partial charge on any atom is -0.226 e. The van der Waals surface area contributed by atoms with Crippen molar-refractivity contribution in [2.24, 2.45) is 0 Å². The summed E-state index contributed by atoms with van der Waals surface area (Å²) in [5, 5.41) is 5.97. The minimum atomic E-state index is 0.644. The van der Waals surface area contributed by atoms with Crippen LogP contribution in [0, 0.1) is 0 Å². The molecule has 0 unspecified atom stereocenters. The van der Waals surface area contributed by atoms with Gasteiger partial charge < -0.3 is 0 Å². The third kappa shape index (κ3) is 5.44. The molecule has 0 fully saturated rings. The van der Waals surface area contributed by atoms with Crippen LogP contribution in [0.1, 0.15) is 0 Å². The maximum atomic E-state index is 5.23. The first-order valence-electron chi connectivity index (χ1n) is 18.7. The topological polar surface area (TPSA) is 64.5 Å². The van der Waals surface area contributed by atoms with Gasteiger partial charge in [0.2, 0.25) is 0 Å². The van der Waals surface area contributed by atoms with Gasteiger partial charge in [0.05, 0.1) is 15.9 Å². The van der Waals surface area contributed by atoms with Crippen LogP contribution in [0.2, 0.25) is 0 Å². The molecule has 0 aliphatic carbocycles. The highest BCUT2D eigenvalue weighted by atomic mass is 32.1. The third-order valence-corrected chi connectivity index (χ3v) is 14.0. The first-order valence-corrected chi connectivity index (χ1v) is 21.1. The van der Waals surface area contributed by atoms with E-state index in [1.807, 2.05) is 35.6 Å². The molecular weight excluding hydrogens is 755 g/mol. The molecule has 0 amide bonds. The van der Waals surface area contributed by atoms with E-state index in [9.17, 15) is 0 Å². The van der Waals surface area contributed by atoms with Crippen LogP contribution in [-0.4, -0.2) is 24.9 Å². The van der Waals surface area contributed by atoms with Crippen molar-refractivity contribution < 1.29 is 0 Å². The monoisotopic (exact) mass is 781 g/mol. The molecule has 0 bridgehead atoms. The molecule has 0 atom stereocenters. The number of hydrogen-bond acceptors (Lipinski definition) is 8. The zero-order valence-electron chi connectivity index (χ0n) is 30.0. The molecule has 5 aromatic heterocycles. The van der Waals surface area contributed by atoms with E-state index in [2.05, 4.69) is 140 Å². The van der Waals surface area contributed by atoms with Crippen molar-refractivity contribution >= 4 is 94.7 Å². The van der Waals surface area contributed by atoms with E-state index in [1.54, 1.807) is 22.7 Å². The normalized spacial score (nSPS) is 11.9. The Morgan fingerprint density at radius 1 is 0.281 bits per heavy atom. The molecular formula is C49H27N5S3. The van der Waals surface area contributed by atoms with Crippen molar-refractivity contribution in [2.45, 2.75) is 0 Å². The van der Waals surface area contributed by atoms with Crippen molar-refractivity contribution in [3.05, 3.63) is 164 Å². The fraction of sp³-hybridized carbons (Fsp3) is 0. The zero-order valence-corrected chi connectivity index (χ0v) is 32.5. The van der Waals surface area contributed by atoms with E-state index >= 15 is 0 Å². The lowest BCUT2D eigenvalue weighted by molar-refractivity contribution is 1.08. The maximum Gasteiger partial charge on any atom is 0.164 e. The van der Waals surface area contributed by atoms with Crippen molar-refractivity contribution in [1.29, 1.82) is 0 Å². The van der Waals surface area contributed by atoms with Crippen LogP contribution in [-0.2, 0) is 0 Å². The highest BCUT2D eigenvalue weighted by Crippen LogP contribution is 2.42. The summed E-state index contributed by atoms with van der Waals surface area (Å²) < 4.78 is 7.22. The van der Waals surface area contributed by atoms with E-state index in [1.165, 1.54) is 45.0 Å². The van der Waals surface area contributed by atoms with Gasteiger partial charge in [0, 0.05) is 78.2 Å². The molecule has 0 radical (unpaired) electrons. The SMILES string of the molecule is c1ccc(-c2nc(-c3ccc4sc5ccccc5c4c3)nc(-c3ccc4sc5cc(-c6nc(-c7ccccc7)c7sc8ccccc8c7n6)ccc5c4c3)n2)cc1. The second-order valence-electron chi connectivity index (χ2n) is 14.0. The fourth-order valence-electron chi connectivity index (χ4n) is 7.78. The Kier molecular flexibility index (Phi) is 7.38. The molecule has 57 heavy (non-hydrogen) atoms. The van der Waals surface area contributed by atoms with Gasteiger partial charge >= 0.3 is 0 Å². The predicted molar refractivity (Wildman–Crippen MR) is 241 cm³/mol. The number of rotatable bonds is 5. The van der Waals surface area contributed by atoms with Crippen LogP contribution in [0.15, 0.2) is 164 Å². The molecule has 12 aromatic rings. The lowest BCUT2D eigenvalue weighted by Crippen LogP contribution is -2.00. The molecule has 0 N–H and O–H groups in total.